The van der Waals surface area contributed by atoms with Gasteiger partial charge in [-0.2, -0.15) is 4.57 Å². The molecule has 0 fully saturated rings. The van der Waals surface area contributed by atoms with E-state index in [1.807, 2.05) is 49.4 Å². The van der Waals surface area contributed by atoms with E-state index in [1.165, 1.54) is 17.7 Å². The highest BCUT2D eigenvalue weighted by atomic mass is 35.5. The van der Waals surface area contributed by atoms with Crippen molar-refractivity contribution >= 4 is 32.6 Å². The first-order valence-corrected chi connectivity index (χ1v) is 10.7. The lowest BCUT2D eigenvalue weighted by Crippen LogP contribution is -2.32. The summed E-state index contributed by atoms with van der Waals surface area (Å²) in [4.78, 5) is -0.178. The van der Waals surface area contributed by atoms with Gasteiger partial charge in [0.15, 0.2) is 0 Å². The van der Waals surface area contributed by atoms with Crippen molar-refractivity contribution < 1.29 is 17.5 Å². The van der Waals surface area contributed by atoms with Crippen LogP contribution in [-0.4, -0.2) is 13.0 Å². The minimum Gasteiger partial charge on any atom is -0.744 e. The first-order chi connectivity index (χ1) is 13.8. The monoisotopic (exact) mass is 425 g/mol. The van der Waals surface area contributed by atoms with Gasteiger partial charge < -0.3 is 4.55 Å². The fourth-order valence-corrected chi connectivity index (χ4v) is 3.72. The Morgan fingerprint density at radius 1 is 0.862 bits per heavy atom. The molecule has 0 aliphatic rings. The van der Waals surface area contributed by atoms with Crippen LogP contribution in [0.3, 0.4) is 0 Å². The molecule has 4 aromatic rings. The highest BCUT2D eigenvalue weighted by Crippen LogP contribution is 2.26. The average Bonchev–Trinajstić information content (AvgIpc) is 2.71. The quantitative estimate of drug-likeness (QED) is 0.339. The van der Waals surface area contributed by atoms with Gasteiger partial charge in [0, 0.05) is 17.7 Å². The summed E-state index contributed by atoms with van der Waals surface area (Å²) in [5.74, 6) is 0. The summed E-state index contributed by atoms with van der Waals surface area (Å²) >= 11 is 6.37. The van der Waals surface area contributed by atoms with Gasteiger partial charge in [0.25, 0.3) is 0 Å². The number of rotatable bonds is 2. The first kappa shape index (κ1) is 21.0. The summed E-state index contributed by atoms with van der Waals surface area (Å²) in [6.07, 6.45) is 0. The van der Waals surface area contributed by atoms with Gasteiger partial charge in [0.05, 0.1) is 15.3 Å². The van der Waals surface area contributed by atoms with Crippen molar-refractivity contribution in [3.05, 3.63) is 95.5 Å². The van der Waals surface area contributed by atoms with E-state index in [0.29, 0.717) is 0 Å². The van der Waals surface area contributed by atoms with Gasteiger partial charge in [-0.05, 0) is 37.3 Å². The van der Waals surface area contributed by atoms with E-state index in [4.69, 9.17) is 11.6 Å². The molecule has 0 unspecified atom stereocenters. The molecule has 148 valence electrons. The van der Waals surface area contributed by atoms with Crippen LogP contribution in [0, 0.1) is 6.92 Å². The van der Waals surface area contributed by atoms with Gasteiger partial charge in [-0.15, -0.1) is 0 Å². The third kappa shape index (κ3) is 5.01. The van der Waals surface area contributed by atoms with Crippen molar-refractivity contribution in [3.63, 3.8) is 0 Å². The predicted octanol–water partition coefficient (Wildman–Crippen LogP) is 4.88. The number of pyridine rings is 1. The van der Waals surface area contributed by atoms with Gasteiger partial charge >= 0.3 is 0 Å². The summed E-state index contributed by atoms with van der Waals surface area (Å²) in [5, 5.41) is 1.88. The Morgan fingerprint density at radius 2 is 1.45 bits per heavy atom. The molecule has 6 heteroatoms. The number of aryl methyl sites for hydroxylation is 2. The molecule has 3 aromatic carbocycles. The molecule has 0 radical (unpaired) electrons. The molecule has 4 nitrogen and oxygen atoms in total. The first-order valence-electron chi connectivity index (χ1n) is 8.92. The molecule has 0 aliphatic heterocycles. The van der Waals surface area contributed by atoms with Crippen LogP contribution in [-0.2, 0) is 17.2 Å². The number of hydrogen-bond donors (Lipinski definition) is 0. The van der Waals surface area contributed by atoms with E-state index in [1.54, 1.807) is 12.1 Å². The minimum absolute atomic E-state index is 0.178. The van der Waals surface area contributed by atoms with Crippen molar-refractivity contribution in [2.45, 2.75) is 11.8 Å². The van der Waals surface area contributed by atoms with Crippen LogP contribution in [0.15, 0.2) is 89.8 Å². The molecule has 0 N–H and O–H groups in total. The van der Waals surface area contributed by atoms with Crippen LogP contribution in [0.5, 0.6) is 0 Å². The van der Waals surface area contributed by atoms with Crippen LogP contribution >= 0.6 is 11.6 Å². The summed E-state index contributed by atoms with van der Waals surface area (Å²) in [5.41, 5.74) is 4.37. The van der Waals surface area contributed by atoms with Crippen LogP contribution in [0.4, 0.5) is 0 Å². The van der Waals surface area contributed by atoms with Crippen molar-refractivity contribution in [3.8, 4) is 11.3 Å². The third-order valence-corrected chi connectivity index (χ3v) is 5.69. The Kier molecular flexibility index (Phi) is 6.33. The summed E-state index contributed by atoms with van der Waals surface area (Å²) in [7, 11) is -2.20. The molecular formula is C23H20ClNO3S. The number of fused-ring (bicyclic) bond motifs is 1. The van der Waals surface area contributed by atoms with Gasteiger partial charge in [-0.1, -0.05) is 59.6 Å². The van der Waals surface area contributed by atoms with Crippen molar-refractivity contribution in [1.29, 1.82) is 0 Å². The molecule has 0 atom stereocenters. The molecule has 29 heavy (non-hydrogen) atoms. The van der Waals surface area contributed by atoms with Crippen molar-refractivity contribution in [2.75, 3.05) is 0 Å². The molecule has 0 bridgehead atoms. The Bertz CT molecular complexity index is 1240. The van der Waals surface area contributed by atoms with Crippen molar-refractivity contribution in [2.24, 2.45) is 7.05 Å². The zero-order chi connectivity index (χ0) is 21.0. The summed E-state index contributed by atoms with van der Waals surface area (Å²) < 4.78 is 33.3. The van der Waals surface area contributed by atoms with Crippen molar-refractivity contribution in [1.82, 2.24) is 0 Å². The normalized spacial score (nSPS) is 11.0. The number of nitrogens with zero attached hydrogens (tertiary/aromatic N) is 1. The second-order valence-electron chi connectivity index (χ2n) is 6.59. The lowest BCUT2D eigenvalue weighted by atomic mass is 10.1. The number of aromatic nitrogens is 1. The van der Waals surface area contributed by atoms with E-state index in [0.717, 1.165) is 27.2 Å². The molecule has 0 saturated heterocycles. The van der Waals surface area contributed by atoms with Crippen LogP contribution in [0.25, 0.3) is 22.2 Å². The zero-order valence-corrected chi connectivity index (χ0v) is 17.6. The molecule has 1 heterocycles. The molecule has 4 rings (SSSR count). The maximum Gasteiger partial charge on any atom is 0.214 e. The fraction of sp³-hybridized carbons (Fsp3) is 0.0870. The number of para-hydroxylation sites is 1. The number of halogens is 1. The third-order valence-electron chi connectivity index (χ3n) is 4.53. The Morgan fingerprint density at radius 3 is 2.07 bits per heavy atom. The molecule has 0 saturated carbocycles. The molecule has 0 amide bonds. The smallest absolute Gasteiger partial charge is 0.214 e. The molecule has 0 aliphatic carbocycles. The Balaban J connectivity index is 0.000000188. The fourth-order valence-electron chi connectivity index (χ4n) is 2.98. The second kappa shape index (κ2) is 8.74. The maximum atomic E-state index is 10.4. The SMILES string of the molecule is C[n+]1c(-c2ccccc2)cc(Cl)c2ccccc21.Cc1ccc(S(=O)(=O)[O-])cc1. The summed E-state index contributed by atoms with van der Waals surface area (Å²) in [6, 6.07) is 26.3. The maximum absolute atomic E-state index is 10.4. The molecule has 0 spiro atoms. The lowest BCUT2D eigenvalue weighted by molar-refractivity contribution is -0.633. The van der Waals surface area contributed by atoms with Crippen LogP contribution in [0.1, 0.15) is 5.56 Å². The van der Waals surface area contributed by atoms with Crippen LogP contribution < -0.4 is 4.57 Å². The van der Waals surface area contributed by atoms with Crippen LogP contribution in [0.2, 0.25) is 5.02 Å². The molecular weight excluding hydrogens is 406 g/mol. The number of benzene rings is 3. The Hall–Kier alpha value is -2.73. The highest BCUT2D eigenvalue weighted by Gasteiger charge is 2.16. The van der Waals surface area contributed by atoms with Gasteiger partial charge in [0.2, 0.25) is 11.2 Å². The van der Waals surface area contributed by atoms with E-state index in [-0.39, 0.29) is 4.90 Å². The van der Waals surface area contributed by atoms with E-state index >= 15 is 0 Å². The second-order valence-corrected chi connectivity index (χ2v) is 8.37. The standard InChI is InChI=1S/C16H13ClN.C7H8O3S/c1-18-15-10-6-5-9-13(15)14(17)11-16(18)12-7-3-2-4-8-12;1-6-2-4-7(5-3-6)11(8,9)10/h2-11H,1H3;2-5H,1H3,(H,8,9,10)/q+1;/p-1. The lowest BCUT2D eigenvalue weighted by Gasteiger charge is -2.05. The van der Waals surface area contributed by atoms with Gasteiger partial charge in [0.1, 0.15) is 17.2 Å². The predicted molar refractivity (Wildman–Crippen MR) is 115 cm³/mol. The summed E-state index contributed by atoms with van der Waals surface area (Å²) in [6.45, 7) is 1.82. The highest BCUT2D eigenvalue weighted by molar-refractivity contribution is 7.85. The largest absolute Gasteiger partial charge is 0.744 e. The van der Waals surface area contributed by atoms with Gasteiger partial charge in [-0.25, -0.2) is 8.42 Å². The van der Waals surface area contributed by atoms with E-state index in [2.05, 4.69) is 29.8 Å². The van der Waals surface area contributed by atoms with E-state index in [9.17, 15) is 13.0 Å². The number of hydrogen-bond acceptors (Lipinski definition) is 3. The Labute approximate surface area is 175 Å². The van der Waals surface area contributed by atoms with E-state index < -0.39 is 10.1 Å². The topological polar surface area (TPSA) is 61.1 Å². The average molecular weight is 426 g/mol. The van der Waals surface area contributed by atoms with Gasteiger partial charge in [-0.3, -0.25) is 0 Å². The minimum atomic E-state index is -4.27. The zero-order valence-electron chi connectivity index (χ0n) is 16.0. The molecule has 1 aromatic heterocycles.